The van der Waals surface area contributed by atoms with Crippen molar-refractivity contribution in [2.24, 2.45) is 5.73 Å². The first-order valence-corrected chi connectivity index (χ1v) is 8.21. The van der Waals surface area contributed by atoms with E-state index in [-0.39, 0.29) is 11.5 Å². The van der Waals surface area contributed by atoms with Crippen LogP contribution in [0.4, 0.5) is 0 Å². The summed E-state index contributed by atoms with van der Waals surface area (Å²) in [6.45, 7) is 11.1. The Hall–Kier alpha value is -0.980. The van der Waals surface area contributed by atoms with Gasteiger partial charge in [0.15, 0.2) is 0 Å². The molecule has 0 aliphatic carbocycles. The second-order valence-corrected chi connectivity index (χ2v) is 7.37. The summed E-state index contributed by atoms with van der Waals surface area (Å²) < 4.78 is 6.00. The molecule has 21 heavy (non-hydrogen) atoms. The van der Waals surface area contributed by atoms with E-state index >= 15 is 0 Å². The normalized spacial score (nSPS) is 13.7. The van der Waals surface area contributed by atoms with E-state index in [0.717, 1.165) is 28.5 Å². The van der Waals surface area contributed by atoms with E-state index in [2.05, 4.69) is 35.5 Å². The van der Waals surface area contributed by atoms with Crippen LogP contribution in [0.3, 0.4) is 0 Å². The number of aryl methyl sites for hydroxylation is 2. The summed E-state index contributed by atoms with van der Waals surface area (Å²) in [5.74, 6) is 0. The molecule has 7 heteroatoms. The zero-order valence-electron chi connectivity index (χ0n) is 13.1. The maximum Gasteiger partial charge on any atom is 0.0857 e. The Labute approximate surface area is 134 Å². The number of nitrogens with zero attached hydrogens (tertiary/aromatic N) is 4. The second-order valence-electron chi connectivity index (χ2n) is 6.21. The van der Waals surface area contributed by atoms with Gasteiger partial charge >= 0.3 is 0 Å². The van der Waals surface area contributed by atoms with E-state index in [1.807, 2.05) is 18.5 Å². The van der Waals surface area contributed by atoms with Gasteiger partial charge in [0.2, 0.25) is 0 Å². The molecule has 0 bridgehead atoms. The maximum absolute atomic E-state index is 6.40. The summed E-state index contributed by atoms with van der Waals surface area (Å²) in [5, 5.41) is 9.40. The largest absolute Gasteiger partial charge is 0.323 e. The minimum atomic E-state index is -0.168. The molecule has 0 amide bonds. The van der Waals surface area contributed by atoms with Crippen LogP contribution in [0.15, 0.2) is 0 Å². The van der Waals surface area contributed by atoms with E-state index in [0.29, 0.717) is 11.4 Å². The fraction of sp³-hybridized carbons (Fsp3) is 0.643. The molecular weight excluding hydrogens is 306 g/mol. The molecule has 0 fully saturated rings. The number of nitrogens with two attached hydrogens (primary N) is 1. The third-order valence-corrected chi connectivity index (χ3v) is 4.77. The van der Waals surface area contributed by atoms with Crippen LogP contribution >= 0.6 is 23.1 Å². The van der Waals surface area contributed by atoms with Gasteiger partial charge in [0.05, 0.1) is 27.0 Å². The van der Waals surface area contributed by atoms with Gasteiger partial charge in [-0.2, -0.15) is 5.10 Å². The van der Waals surface area contributed by atoms with Gasteiger partial charge in [-0.05, 0) is 25.4 Å². The molecule has 116 valence electrons. The van der Waals surface area contributed by atoms with Gasteiger partial charge in [-0.1, -0.05) is 36.9 Å². The maximum atomic E-state index is 6.40. The fourth-order valence-electron chi connectivity index (χ4n) is 2.33. The molecule has 1 atom stereocenters. The molecule has 1 unspecified atom stereocenters. The molecule has 2 N–H and O–H groups in total. The highest BCUT2D eigenvalue weighted by atomic mass is 35.5. The molecular formula is C14H22ClN5S. The number of hydrogen-bond donors (Lipinski definition) is 1. The van der Waals surface area contributed by atoms with Gasteiger partial charge in [-0.15, -0.1) is 5.10 Å². The summed E-state index contributed by atoms with van der Waals surface area (Å²) in [4.78, 5) is 1.03. The Morgan fingerprint density at radius 1 is 1.38 bits per heavy atom. The number of aromatic nitrogens is 4. The first-order valence-electron chi connectivity index (χ1n) is 7.05. The molecule has 2 aromatic heterocycles. The molecule has 0 aliphatic rings. The lowest BCUT2D eigenvalue weighted by Gasteiger charge is -2.19. The van der Waals surface area contributed by atoms with E-state index in [4.69, 9.17) is 17.3 Å². The SMILES string of the molecule is CCn1nc(C)c(Cl)c1CC(N)c1snnc1C(C)(C)C. The summed E-state index contributed by atoms with van der Waals surface area (Å²) in [7, 11) is 0. The highest BCUT2D eigenvalue weighted by molar-refractivity contribution is 7.05. The van der Waals surface area contributed by atoms with Crippen LogP contribution in [0.2, 0.25) is 5.02 Å². The smallest absolute Gasteiger partial charge is 0.0857 e. The van der Waals surface area contributed by atoms with Crippen LogP contribution in [0.5, 0.6) is 0 Å². The van der Waals surface area contributed by atoms with E-state index in [1.54, 1.807) is 0 Å². The predicted molar refractivity (Wildman–Crippen MR) is 86.9 cm³/mol. The number of halogens is 1. The minimum Gasteiger partial charge on any atom is -0.323 e. The molecule has 2 heterocycles. The molecule has 0 spiro atoms. The molecule has 0 saturated carbocycles. The van der Waals surface area contributed by atoms with Crippen molar-refractivity contribution in [2.75, 3.05) is 0 Å². The van der Waals surface area contributed by atoms with Crippen molar-refractivity contribution < 1.29 is 0 Å². The van der Waals surface area contributed by atoms with E-state index in [9.17, 15) is 0 Å². The van der Waals surface area contributed by atoms with Gasteiger partial charge in [-0.25, -0.2) is 0 Å². The van der Waals surface area contributed by atoms with Crippen LogP contribution in [0.1, 0.15) is 55.7 Å². The molecule has 0 saturated heterocycles. The topological polar surface area (TPSA) is 69.6 Å². The molecule has 0 radical (unpaired) electrons. The van der Waals surface area contributed by atoms with Crippen LogP contribution in [0.25, 0.3) is 0 Å². The molecule has 0 aromatic carbocycles. The highest BCUT2D eigenvalue weighted by Gasteiger charge is 2.27. The first kappa shape index (κ1) is 16.4. The van der Waals surface area contributed by atoms with Crippen LogP contribution in [-0.4, -0.2) is 19.4 Å². The zero-order chi connectivity index (χ0) is 15.8. The summed E-state index contributed by atoms with van der Waals surface area (Å²) >= 11 is 7.73. The summed E-state index contributed by atoms with van der Waals surface area (Å²) in [6.07, 6.45) is 0.639. The van der Waals surface area contributed by atoms with Crippen LogP contribution in [0, 0.1) is 6.92 Å². The fourth-order valence-corrected chi connectivity index (χ4v) is 3.40. The van der Waals surface area contributed by atoms with Gasteiger partial charge in [-0.3, -0.25) is 4.68 Å². The Balaban J connectivity index is 2.31. The van der Waals surface area contributed by atoms with Crippen molar-refractivity contribution in [1.29, 1.82) is 0 Å². The van der Waals surface area contributed by atoms with Gasteiger partial charge in [0.1, 0.15) is 0 Å². The van der Waals surface area contributed by atoms with Gasteiger partial charge in [0.25, 0.3) is 0 Å². The molecule has 2 aromatic rings. The average Bonchev–Trinajstić information content (AvgIpc) is 2.98. The lowest BCUT2D eigenvalue weighted by molar-refractivity contribution is 0.543. The Morgan fingerprint density at radius 3 is 2.62 bits per heavy atom. The Morgan fingerprint density at radius 2 is 2.05 bits per heavy atom. The quantitative estimate of drug-likeness (QED) is 0.935. The lowest BCUT2D eigenvalue weighted by atomic mass is 9.89. The van der Waals surface area contributed by atoms with Crippen LogP contribution in [-0.2, 0) is 18.4 Å². The molecule has 2 rings (SSSR count). The Kier molecular flexibility index (Phi) is 4.70. The van der Waals surface area contributed by atoms with Crippen molar-refractivity contribution in [3.8, 4) is 0 Å². The monoisotopic (exact) mass is 327 g/mol. The van der Waals surface area contributed by atoms with Gasteiger partial charge in [0, 0.05) is 24.4 Å². The van der Waals surface area contributed by atoms with Crippen LogP contribution < -0.4 is 5.73 Å². The number of hydrogen-bond acceptors (Lipinski definition) is 5. The third-order valence-electron chi connectivity index (χ3n) is 3.43. The van der Waals surface area contributed by atoms with Crippen molar-refractivity contribution in [2.45, 2.75) is 59.0 Å². The highest BCUT2D eigenvalue weighted by Crippen LogP contribution is 2.32. The Bertz CT molecular complexity index is 626. The lowest BCUT2D eigenvalue weighted by Crippen LogP contribution is -2.21. The minimum absolute atomic E-state index is 0.0648. The molecule has 0 aliphatic heterocycles. The first-order chi connectivity index (χ1) is 9.75. The average molecular weight is 328 g/mol. The third kappa shape index (κ3) is 3.27. The molecule has 5 nitrogen and oxygen atoms in total. The van der Waals surface area contributed by atoms with Crippen molar-refractivity contribution in [1.82, 2.24) is 19.4 Å². The van der Waals surface area contributed by atoms with Gasteiger partial charge < -0.3 is 5.73 Å². The summed E-state index contributed by atoms with van der Waals surface area (Å²) in [5.41, 5.74) is 9.13. The zero-order valence-corrected chi connectivity index (χ0v) is 14.7. The summed E-state index contributed by atoms with van der Waals surface area (Å²) in [6, 6.07) is -0.168. The standard InChI is InChI=1S/C14H22ClN5S/c1-6-20-10(11(15)8(2)18-20)7-9(16)12-13(14(3,4)5)17-19-21-12/h9H,6-7,16H2,1-5H3. The van der Waals surface area contributed by atoms with Crippen molar-refractivity contribution >= 4 is 23.1 Å². The van der Waals surface area contributed by atoms with Crippen molar-refractivity contribution in [3.63, 3.8) is 0 Å². The second kappa shape index (κ2) is 6.02. The van der Waals surface area contributed by atoms with Crippen molar-refractivity contribution in [3.05, 3.63) is 27.0 Å². The number of rotatable bonds is 4. The van der Waals surface area contributed by atoms with E-state index in [1.165, 1.54) is 11.5 Å². The predicted octanol–water partition coefficient (Wildman–Crippen LogP) is 3.26. The van der Waals surface area contributed by atoms with E-state index < -0.39 is 0 Å².